The summed E-state index contributed by atoms with van der Waals surface area (Å²) in [5.41, 5.74) is 1.58. The van der Waals surface area contributed by atoms with E-state index in [2.05, 4.69) is 16.0 Å². The van der Waals surface area contributed by atoms with Gasteiger partial charge in [-0.05, 0) is 69.3 Å². The molecule has 2 amide bonds. The number of benzene rings is 3. The molecule has 178 valence electrons. The summed E-state index contributed by atoms with van der Waals surface area (Å²) in [6.45, 7) is 6.59. The number of anilines is 2. The van der Waals surface area contributed by atoms with E-state index in [-0.39, 0.29) is 23.9 Å². The third kappa shape index (κ3) is 8.16. The molecule has 0 radical (unpaired) electrons. The maximum absolute atomic E-state index is 12.5. The van der Waals surface area contributed by atoms with Crippen molar-refractivity contribution >= 4 is 23.2 Å². The number of carbonyl (C=O) groups excluding carboxylic acids is 2. The van der Waals surface area contributed by atoms with Crippen molar-refractivity contribution in [3.05, 3.63) is 84.4 Å². The molecule has 0 fully saturated rings. The van der Waals surface area contributed by atoms with E-state index in [1.165, 1.54) is 0 Å². The molecule has 7 heteroatoms. The van der Waals surface area contributed by atoms with Crippen LogP contribution < -0.4 is 25.4 Å². The van der Waals surface area contributed by atoms with Crippen LogP contribution in [0.2, 0.25) is 0 Å². The summed E-state index contributed by atoms with van der Waals surface area (Å²) in [4.78, 5) is 24.7. The lowest BCUT2D eigenvalue weighted by Crippen LogP contribution is -2.40. The number of hydrogen-bond acceptors (Lipinski definition) is 5. The molecule has 3 aromatic carbocycles. The molecule has 0 saturated heterocycles. The van der Waals surface area contributed by atoms with Crippen LogP contribution in [-0.4, -0.2) is 37.1 Å². The van der Waals surface area contributed by atoms with E-state index < -0.39 is 0 Å². The summed E-state index contributed by atoms with van der Waals surface area (Å²) in [7, 11) is 0. The predicted octanol–water partition coefficient (Wildman–Crippen LogP) is 4.72. The summed E-state index contributed by atoms with van der Waals surface area (Å²) >= 11 is 0. The molecule has 34 heavy (non-hydrogen) atoms. The first kappa shape index (κ1) is 24.6. The molecule has 3 N–H and O–H groups in total. The van der Waals surface area contributed by atoms with Crippen molar-refractivity contribution in [2.24, 2.45) is 0 Å². The Bertz CT molecular complexity index is 1080. The SMILES string of the molecule is CC(C)(C)NC(=O)c1ccc(NCC(=O)Nc2ccccc2OCCOc2ccccc2)cc1. The number of amides is 2. The molecule has 0 atom stereocenters. The van der Waals surface area contributed by atoms with Crippen LogP contribution in [0.1, 0.15) is 31.1 Å². The van der Waals surface area contributed by atoms with Crippen LogP contribution in [-0.2, 0) is 4.79 Å². The van der Waals surface area contributed by atoms with Crippen LogP contribution in [0.4, 0.5) is 11.4 Å². The minimum Gasteiger partial charge on any atom is -0.490 e. The number of para-hydroxylation sites is 3. The molecule has 3 rings (SSSR count). The quantitative estimate of drug-likeness (QED) is 0.380. The Labute approximate surface area is 200 Å². The molecule has 0 aromatic heterocycles. The Morgan fingerprint density at radius 2 is 1.44 bits per heavy atom. The number of rotatable bonds is 10. The van der Waals surface area contributed by atoms with E-state index in [0.29, 0.717) is 30.2 Å². The average molecular weight is 462 g/mol. The summed E-state index contributed by atoms with van der Waals surface area (Å²) < 4.78 is 11.4. The van der Waals surface area contributed by atoms with Gasteiger partial charge in [-0.1, -0.05) is 30.3 Å². The lowest BCUT2D eigenvalue weighted by molar-refractivity contribution is -0.114. The van der Waals surface area contributed by atoms with Crippen molar-refractivity contribution in [1.82, 2.24) is 5.32 Å². The molecule has 7 nitrogen and oxygen atoms in total. The number of nitrogens with one attached hydrogen (secondary N) is 3. The van der Waals surface area contributed by atoms with Crippen molar-refractivity contribution in [2.75, 3.05) is 30.4 Å². The van der Waals surface area contributed by atoms with E-state index in [4.69, 9.17) is 9.47 Å². The van der Waals surface area contributed by atoms with Gasteiger partial charge in [0, 0.05) is 16.8 Å². The first-order chi connectivity index (χ1) is 16.3. The fourth-order valence-electron chi connectivity index (χ4n) is 3.05. The number of carbonyl (C=O) groups is 2. The lowest BCUT2D eigenvalue weighted by atomic mass is 10.1. The van der Waals surface area contributed by atoms with Crippen LogP contribution in [0.3, 0.4) is 0 Å². The summed E-state index contributed by atoms with van der Waals surface area (Å²) in [6, 6.07) is 23.8. The van der Waals surface area contributed by atoms with Crippen molar-refractivity contribution in [3.8, 4) is 11.5 Å². The minimum absolute atomic E-state index is 0.0684. The highest BCUT2D eigenvalue weighted by molar-refractivity contribution is 5.96. The summed E-state index contributed by atoms with van der Waals surface area (Å²) in [5, 5.41) is 8.85. The van der Waals surface area contributed by atoms with Gasteiger partial charge in [0.1, 0.15) is 24.7 Å². The van der Waals surface area contributed by atoms with Crippen LogP contribution in [0.15, 0.2) is 78.9 Å². The molecular weight excluding hydrogens is 430 g/mol. The number of hydrogen-bond donors (Lipinski definition) is 3. The second kappa shape index (κ2) is 11.7. The zero-order valence-corrected chi connectivity index (χ0v) is 19.8. The maximum Gasteiger partial charge on any atom is 0.251 e. The Morgan fingerprint density at radius 3 is 2.15 bits per heavy atom. The Kier molecular flexibility index (Phi) is 8.51. The Balaban J connectivity index is 1.46. The van der Waals surface area contributed by atoms with Crippen molar-refractivity contribution in [1.29, 1.82) is 0 Å². The molecular formula is C27H31N3O4. The van der Waals surface area contributed by atoms with Gasteiger partial charge in [-0.15, -0.1) is 0 Å². The standard InChI is InChI=1S/C27H31N3O4/c1-27(2,3)30-26(32)20-13-15-21(16-14-20)28-19-25(31)29-23-11-7-8-12-24(23)34-18-17-33-22-9-5-4-6-10-22/h4-16,28H,17-19H2,1-3H3,(H,29,31)(H,30,32). The van der Waals surface area contributed by atoms with E-state index in [9.17, 15) is 9.59 Å². The highest BCUT2D eigenvalue weighted by Crippen LogP contribution is 2.23. The van der Waals surface area contributed by atoms with Gasteiger partial charge in [0.2, 0.25) is 5.91 Å². The van der Waals surface area contributed by atoms with Gasteiger partial charge in [0.25, 0.3) is 5.91 Å². The van der Waals surface area contributed by atoms with Crippen LogP contribution in [0, 0.1) is 0 Å². The normalized spacial score (nSPS) is 10.8. The zero-order valence-electron chi connectivity index (χ0n) is 19.8. The van der Waals surface area contributed by atoms with E-state index in [0.717, 1.165) is 11.4 Å². The third-order valence-corrected chi connectivity index (χ3v) is 4.60. The van der Waals surface area contributed by atoms with Gasteiger partial charge in [-0.2, -0.15) is 0 Å². The fraction of sp³-hybridized carbons (Fsp3) is 0.259. The molecule has 0 spiro atoms. The van der Waals surface area contributed by atoms with Crippen molar-refractivity contribution in [2.45, 2.75) is 26.3 Å². The predicted molar refractivity (Wildman–Crippen MR) is 135 cm³/mol. The van der Waals surface area contributed by atoms with Gasteiger partial charge in [-0.25, -0.2) is 0 Å². The second-order valence-corrected chi connectivity index (χ2v) is 8.69. The zero-order chi connectivity index (χ0) is 24.4. The Morgan fingerprint density at radius 1 is 0.794 bits per heavy atom. The highest BCUT2D eigenvalue weighted by Gasteiger charge is 2.15. The van der Waals surface area contributed by atoms with Gasteiger partial charge in [0.15, 0.2) is 0 Å². The minimum atomic E-state index is -0.305. The molecule has 3 aromatic rings. The third-order valence-electron chi connectivity index (χ3n) is 4.60. The lowest BCUT2D eigenvalue weighted by Gasteiger charge is -2.20. The smallest absolute Gasteiger partial charge is 0.251 e. The van der Waals surface area contributed by atoms with Crippen molar-refractivity contribution in [3.63, 3.8) is 0 Å². The summed E-state index contributed by atoms with van der Waals surface area (Å²) in [5.74, 6) is 0.997. The average Bonchev–Trinajstić information content (AvgIpc) is 2.81. The first-order valence-electron chi connectivity index (χ1n) is 11.2. The molecule has 0 bridgehead atoms. The van der Waals surface area contributed by atoms with Crippen LogP contribution in [0.5, 0.6) is 11.5 Å². The van der Waals surface area contributed by atoms with Gasteiger partial charge in [0.05, 0.1) is 12.2 Å². The first-order valence-corrected chi connectivity index (χ1v) is 11.2. The molecule has 0 aliphatic carbocycles. The van der Waals surface area contributed by atoms with Crippen molar-refractivity contribution < 1.29 is 19.1 Å². The Hall–Kier alpha value is -4.00. The highest BCUT2D eigenvalue weighted by atomic mass is 16.5. The molecule has 0 heterocycles. The molecule has 0 unspecified atom stereocenters. The van der Waals surface area contributed by atoms with E-state index in [1.807, 2.05) is 63.2 Å². The van der Waals surface area contributed by atoms with Crippen LogP contribution in [0.25, 0.3) is 0 Å². The topological polar surface area (TPSA) is 88.7 Å². The van der Waals surface area contributed by atoms with Crippen LogP contribution >= 0.6 is 0 Å². The largest absolute Gasteiger partial charge is 0.490 e. The van der Waals surface area contributed by atoms with Gasteiger partial charge >= 0.3 is 0 Å². The van der Waals surface area contributed by atoms with E-state index in [1.54, 1.807) is 36.4 Å². The monoisotopic (exact) mass is 461 g/mol. The van der Waals surface area contributed by atoms with Gasteiger partial charge in [-0.3, -0.25) is 9.59 Å². The second-order valence-electron chi connectivity index (χ2n) is 8.69. The summed E-state index contributed by atoms with van der Waals surface area (Å²) in [6.07, 6.45) is 0. The number of ether oxygens (including phenoxy) is 2. The van der Waals surface area contributed by atoms with E-state index >= 15 is 0 Å². The molecule has 0 aliphatic rings. The van der Waals surface area contributed by atoms with Gasteiger partial charge < -0.3 is 25.4 Å². The molecule has 0 saturated carbocycles. The maximum atomic E-state index is 12.5. The fourth-order valence-corrected chi connectivity index (χ4v) is 3.05. The molecule has 0 aliphatic heterocycles.